The summed E-state index contributed by atoms with van der Waals surface area (Å²) in [5, 5.41) is 10.3. The molecule has 0 aliphatic carbocycles. The number of benzene rings is 1. The molecule has 1 aliphatic heterocycles. The lowest BCUT2D eigenvalue weighted by atomic mass is 10.1. The Balaban J connectivity index is 1.61. The quantitative estimate of drug-likeness (QED) is 0.875. The maximum atomic E-state index is 10.9. The minimum Gasteiger partial charge on any atom is -0.478 e. The fraction of sp³-hybridized carbons (Fsp3) is 0.200. The summed E-state index contributed by atoms with van der Waals surface area (Å²) in [5.41, 5.74) is 1.71. The predicted octanol–water partition coefficient (Wildman–Crippen LogP) is 3.59. The standard InChI is InChI=1S/C15H13NO2S2/c17-15(18)11-5-6-16-14(8-11)19-9-12-7-10-3-1-2-4-13(10)20-12/h1-6,8,12H,7,9H2,(H,17,18). The van der Waals surface area contributed by atoms with E-state index in [0.29, 0.717) is 10.8 Å². The summed E-state index contributed by atoms with van der Waals surface area (Å²) < 4.78 is 0. The van der Waals surface area contributed by atoms with Gasteiger partial charge in [0.2, 0.25) is 0 Å². The average molecular weight is 303 g/mol. The van der Waals surface area contributed by atoms with Gasteiger partial charge in [0.15, 0.2) is 0 Å². The second-order valence-corrected chi connectivity index (χ2v) is 6.93. The molecular weight excluding hydrogens is 290 g/mol. The van der Waals surface area contributed by atoms with E-state index in [9.17, 15) is 4.79 Å². The van der Waals surface area contributed by atoms with E-state index in [2.05, 4.69) is 29.2 Å². The van der Waals surface area contributed by atoms with Crippen molar-refractivity contribution in [1.82, 2.24) is 4.98 Å². The molecule has 1 unspecified atom stereocenters. The van der Waals surface area contributed by atoms with E-state index in [4.69, 9.17) is 5.11 Å². The monoisotopic (exact) mass is 303 g/mol. The number of carbonyl (C=O) groups is 1. The van der Waals surface area contributed by atoms with Crippen LogP contribution >= 0.6 is 23.5 Å². The summed E-state index contributed by atoms with van der Waals surface area (Å²) in [6, 6.07) is 11.6. The topological polar surface area (TPSA) is 50.2 Å². The van der Waals surface area contributed by atoms with Crippen LogP contribution in [0.15, 0.2) is 52.5 Å². The number of fused-ring (bicyclic) bond motifs is 1. The summed E-state index contributed by atoms with van der Waals surface area (Å²) >= 11 is 3.53. The van der Waals surface area contributed by atoms with E-state index in [0.717, 1.165) is 17.2 Å². The molecule has 2 heterocycles. The van der Waals surface area contributed by atoms with Crippen LogP contribution in [0.3, 0.4) is 0 Å². The first kappa shape index (κ1) is 13.5. The fourth-order valence-electron chi connectivity index (χ4n) is 2.15. The zero-order valence-corrected chi connectivity index (χ0v) is 12.3. The number of thioether (sulfide) groups is 2. The molecule has 1 N–H and O–H groups in total. The van der Waals surface area contributed by atoms with Gasteiger partial charge in [0.25, 0.3) is 0 Å². The molecule has 2 aromatic rings. The number of carboxylic acid groups (broad SMARTS) is 1. The van der Waals surface area contributed by atoms with Gasteiger partial charge in [-0.2, -0.15) is 0 Å². The number of aromatic nitrogens is 1. The third-order valence-electron chi connectivity index (χ3n) is 3.11. The molecule has 1 aliphatic rings. The van der Waals surface area contributed by atoms with Gasteiger partial charge < -0.3 is 5.11 Å². The number of hydrogen-bond donors (Lipinski definition) is 1. The molecule has 102 valence electrons. The molecule has 0 radical (unpaired) electrons. The molecule has 0 saturated heterocycles. The van der Waals surface area contributed by atoms with Gasteiger partial charge in [-0.3, -0.25) is 0 Å². The number of carboxylic acids is 1. The molecule has 0 amide bonds. The third-order valence-corrected chi connectivity index (χ3v) is 5.73. The van der Waals surface area contributed by atoms with E-state index >= 15 is 0 Å². The summed E-state index contributed by atoms with van der Waals surface area (Å²) in [5.74, 6) is 0.0342. The van der Waals surface area contributed by atoms with E-state index in [1.165, 1.54) is 16.5 Å². The summed E-state index contributed by atoms with van der Waals surface area (Å²) in [6.45, 7) is 0. The molecule has 1 aromatic carbocycles. The maximum Gasteiger partial charge on any atom is 0.335 e. The zero-order chi connectivity index (χ0) is 13.9. The summed E-state index contributed by atoms with van der Waals surface area (Å²) in [4.78, 5) is 16.5. The smallest absolute Gasteiger partial charge is 0.335 e. The second-order valence-electron chi connectivity index (χ2n) is 4.55. The minimum atomic E-state index is -0.906. The first-order valence-electron chi connectivity index (χ1n) is 6.29. The van der Waals surface area contributed by atoms with Crippen LogP contribution in [-0.2, 0) is 6.42 Å². The first-order valence-corrected chi connectivity index (χ1v) is 8.15. The Hall–Kier alpha value is -1.46. The van der Waals surface area contributed by atoms with Crippen molar-refractivity contribution in [1.29, 1.82) is 0 Å². The van der Waals surface area contributed by atoms with Crippen molar-refractivity contribution in [3.63, 3.8) is 0 Å². The van der Waals surface area contributed by atoms with Gasteiger partial charge in [-0.25, -0.2) is 9.78 Å². The molecule has 0 saturated carbocycles. The van der Waals surface area contributed by atoms with E-state index in [1.807, 2.05) is 11.8 Å². The lowest BCUT2D eigenvalue weighted by Gasteiger charge is -2.07. The van der Waals surface area contributed by atoms with Gasteiger partial charge in [-0.15, -0.1) is 23.5 Å². The van der Waals surface area contributed by atoms with Crippen LogP contribution in [0.4, 0.5) is 0 Å². The molecule has 1 atom stereocenters. The zero-order valence-electron chi connectivity index (χ0n) is 10.7. The van der Waals surface area contributed by atoms with Gasteiger partial charge in [-0.05, 0) is 30.2 Å². The first-order chi connectivity index (χ1) is 9.72. The maximum absolute atomic E-state index is 10.9. The van der Waals surface area contributed by atoms with Gasteiger partial charge in [0.05, 0.1) is 10.6 Å². The molecular formula is C15H13NO2S2. The second kappa shape index (κ2) is 5.89. The van der Waals surface area contributed by atoms with Crippen molar-refractivity contribution in [3.8, 4) is 0 Å². The van der Waals surface area contributed by atoms with Gasteiger partial charge in [-0.1, -0.05) is 18.2 Å². The highest BCUT2D eigenvalue weighted by atomic mass is 32.2. The van der Waals surface area contributed by atoms with Gasteiger partial charge in [0, 0.05) is 22.1 Å². The molecule has 3 rings (SSSR count). The van der Waals surface area contributed by atoms with Gasteiger partial charge in [0.1, 0.15) is 0 Å². The predicted molar refractivity (Wildman–Crippen MR) is 81.7 cm³/mol. The number of rotatable bonds is 4. The Labute approximate surface area is 125 Å². The van der Waals surface area contributed by atoms with Crippen LogP contribution in [-0.4, -0.2) is 27.1 Å². The van der Waals surface area contributed by atoms with E-state index < -0.39 is 5.97 Å². The lowest BCUT2D eigenvalue weighted by molar-refractivity contribution is 0.0696. The Morgan fingerprint density at radius 3 is 3.05 bits per heavy atom. The van der Waals surface area contributed by atoms with Crippen molar-refractivity contribution in [2.45, 2.75) is 21.6 Å². The van der Waals surface area contributed by atoms with Crippen LogP contribution in [0.2, 0.25) is 0 Å². The lowest BCUT2D eigenvalue weighted by Crippen LogP contribution is -2.04. The van der Waals surface area contributed by atoms with E-state index in [1.54, 1.807) is 24.0 Å². The number of hydrogen-bond acceptors (Lipinski definition) is 4. The third kappa shape index (κ3) is 2.99. The van der Waals surface area contributed by atoms with E-state index in [-0.39, 0.29) is 0 Å². The van der Waals surface area contributed by atoms with Crippen LogP contribution in [0.1, 0.15) is 15.9 Å². The van der Waals surface area contributed by atoms with Crippen molar-refractivity contribution < 1.29 is 9.90 Å². The number of nitrogens with zero attached hydrogens (tertiary/aromatic N) is 1. The van der Waals surface area contributed by atoms with Crippen molar-refractivity contribution in [2.24, 2.45) is 0 Å². The number of aromatic carboxylic acids is 1. The molecule has 3 nitrogen and oxygen atoms in total. The van der Waals surface area contributed by atoms with Crippen LogP contribution in [0.5, 0.6) is 0 Å². The Bertz CT molecular complexity index is 620. The highest BCUT2D eigenvalue weighted by Gasteiger charge is 2.21. The Morgan fingerprint density at radius 2 is 2.25 bits per heavy atom. The molecule has 5 heteroatoms. The summed E-state index contributed by atoms with van der Waals surface area (Å²) in [7, 11) is 0. The summed E-state index contributed by atoms with van der Waals surface area (Å²) in [6.07, 6.45) is 2.63. The number of pyridine rings is 1. The molecule has 0 bridgehead atoms. The molecule has 20 heavy (non-hydrogen) atoms. The molecule has 0 spiro atoms. The Kier molecular flexibility index (Phi) is 3.98. The molecule has 0 fully saturated rings. The SMILES string of the molecule is O=C(O)c1ccnc(SCC2Cc3ccccc3S2)c1. The average Bonchev–Trinajstić information content (AvgIpc) is 2.88. The highest BCUT2D eigenvalue weighted by Crippen LogP contribution is 2.38. The minimum absolute atomic E-state index is 0.296. The van der Waals surface area contributed by atoms with Crippen molar-refractivity contribution >= 4 is 29.5 Å². The largest absolute Gasteiger partial charge is 0.478 e. The fourth-order valence-corrected chi connectivity index (χ4v) is 4.52. The van der Waals surface area contributed by atoms with Gasteiger partial charge >= 0.3 is 5.97 Å². The molecule has 1 aromatic heterocycles. The normalized spacial score (nSPS) is 16.9. The van der Waals surface area contributed by atoms with Crippen LogP contribution < -0.4 is 0 Å². The van der Waals surface area contributed by atoms with Crippen molar-refractivity contribution in [2.75, 3.05) is 5.75 Å². The van der Waals surface area contributed by atoms with Crippen LogP contribution in [0, 0.1) is 0 Å². The Morgan fingerprint density at radius 1 is 1.40 bits per heavy atom. The van der Waals surface area contributed by atoms with Crippen molar-refractivity contribution in [3.05, 3.63) is 53.7 Å². The van der Waals surface area contributed by atoms with Crippen LogP contribution in [0.25, 0.3) is 0 Å². The highest BCUT2D eigenvalue weighted by molar-refractivity contribution is 8.03.